The number of nitrogens with one attached hydrogen (secondary N) is 1. The summed E-state index contributed by atoms with van der Waals surface area (Å²) in [6.07, 6.45) is 10.1. The van der Waals surface area contributed by atoms with Gasteiger partial charge in [0.25, 0.3) is 0 Å². The Morgan fingerprint density at radius 2 is 2.40 bits per heavy atom. The van der Waals surface area contributed by atoms with Crippen molar-refractivity contribution in [1.29, 1.82) is 0 Å². The molecule has 0 aliphatic carbocycles. The van der Waals surface area contributed by atoms with Crippen LogP contribution < -0.4 is 5.32 Å². The van der Waals surface area contributed by atoms with E-state index in [2.05, 4.69) is 10.3 Å². The molecule has 15 heavy (non-hydrogen) atoms. The fourth-order valence-electron chi connectivity index (χ4n) is 1.12. The summed E-state index contributed by atoms with van der Waals surface area (Å²) < 4.78 is 11.1. The lowest BCUT2D eigenvalue weighted by molar-refractivity contribution is 0.690. The molecule has 0 bridgehead atoms. The fourth-order valence-corrected chi connectivity index (χ4v) is 1.32. The predicted octanol–water partition coefficient (Wildman–Crippen LogP) is 2.08. The topological polar surface area (TPSA) is 41.5 Å². The summed E-state index contributed by atoms with van der Waals surface area (Å²) in [5.41, 5.74) is 1.16. The third-order valence-corrected chi connectivity index (χ3v) is 3.17. The number of allylic oxidation sites excluding steroid dienone is 3. The Kier molecular flexibility index (Phi) is 4.49. The van der Waals surface area contributed by atoms with Crippen molar-refractivity contribution in [1.82, 2.24) is 5.32 Å². The van der Waals surface area contributed by atoms with E-state index in [9.17, 15) is 4.21 Å². The molecule has 4 heteroatoms. The van der Waals surface area contributed by atoms with Crippen LogP contribution in [-0.2, 0) is 10.8 Å². The Labute approximate surface area is 93.1 Å². The average Bonchev–Trinajstić information content (AvgIpc) is 2.26. The van der Waals surface area contributed by atoms with E-state index in [0.29, 0.717) is 0 Å². The number of amidine groups is 1. The van der Waals surface area contributed by atoms with Crippen LogP contribution in [0.4, 0.5) is 0 Å². The molecule has 0 saturated heterocycles. The third-order valence-electron chi connectivity index (χ3n) is 2.16. The lowest BCUT2D eigenvalue weighted by atomic mass is 10.1. The first-order valence-corrected chi connectivity index (χ1v) is 6.36. The monoisotopic (exact) mass is 224 g/mol. The van der Waals surface area contributed by atoms with Crippen molar-refractivity contribution in [2.75, 3.05) is 6.26 Å². The summed E-state index contributed by atoms with van der Waals surface area (Å²) in [6, 6.07) is 0. The Hall–Kier alpha value is -1.16. The molecule has 0 radical (unpaired) electrons. The fraction of sp³-hybridized carbons (Fsp3) is 0.364. The first-order valence-electron chi connectivity index (χ1n) is 4.80. The van der Waals surface area contributed by atoms with Gasteiger partial charge in [-0.25, -0.2) is 4.99 Å². The van der Waals surface area contributed by atoms with Crippen LogP contribution in [0.2, 0.25) is 0 Å². The zero-order valence-electron chi connectivity index (χ0n) is 9.28. The van der Waals surface area contributed by atoms with Gasteiger partial charge in [0.2, 0.25) is 0 Å². The van der Waals surface area contributed by atoms with Gasteiger partial charge in [-0.1, -0.05) is 12.2 Å². The molecule has 1 rings (SSSR count). The lowest BCUT2D eigenvalue weighted by Crippen LogP contribution is -2.22. The van der Waals surface area contributed by atoms with Crippen LogP contribution in [0.15, 0.2) is 40.0 Å². The molecule has 1 atom stereocenters. The minimum Gasteiger partial charge on any atom is -0.347 e. The molecule has 0 saturated carbocycles. The summed E-state index contributed by atoms with van der Waals surface area (Å²) in [7, 11) is -0.939. The van der Waals surface area contributed by atoms with Gasteiger partial charge in [-0.15, -0.1) is 0 Å². The predicted molar refractivity (Wildman–Crippen MR) is 65.9 cm³/mol. The molecular formula is C11H16N2OS. The molecule has 1 aliphatic heterocycles. The largest absolute Gasteiger partial charge is 0.347 e. The van der Waals surface area contributed by atoms with Crippen LogP contribution in [0.5, 0.6) is 0 Å². The Morgan fingerprint density at radius 3 is 3.00 bits per heavy atom. The molecule has 0 aromatic carbocycles. The average molecular weight is 224 g/mol. The molecule has 0 spiro atoms. The van der Waals surface area contributed by atoms with Gasteiger partial charge in [0.1, 0.15) is 5.84 Å². The van der Waals surface area contributed by atoms with Gasteiger partial charge in [-0.3, -0.25) is 4.21 Å². The molecule has 0 fully saturated rings. The number of aliphatic imine (C=N–C) groups is 1. The first-order chi connectivity index (χ1) is 7.15. The highest BCUT2D eigenvalue weighted by atomic mass is 32.2. The van der Waals surface area contributed by atoms with E-state index in [1.165, 1.54) is 0 Å². The highest BCUT2D eigenvalue weighted by molar-refractivity contribution is 7.88. The maximum absolute atomic E-state index is 11.1. The van der Waals surface area contributed by atoms with Crippen molar-refractivity contribution in [2.45, 2.75) is 20.3 Å². The number of rotatable bonds is 2. The van der Waals surface area contributed by atoms with Crippen molar-refractivity contribution in [3.63, 3.8) is 0 Å². The minimum absolute atomic E-state index is 0.773. The smallest absolute Gasteiger partial charge is 0.133 e. The van der Waals surface area contributed by atoms with Gasteiger partial charge in [0, 0.05) is 28.2 Å². The second-order valence-electron chi connectivity index (χ2n) is 3.24. The van der Waals surface area contributed by atoms with Gasteiger partial charge >= 0.3 is 0 Å². The molecular weight excluding hydrogens is 208 g/mol. The summed E-state index contributed by atoms with van der Waals surface area (Å²) >= 11 is 0. The first kappa shape index (κ1) is 11.9. The second kappa shape index (κ2) is 5.66. The maximum atomic E-state index is 11.1. The molecule has 1 heterocycles. The van der Waals surface area contributed by atoms with Crippen LogP contribution in [0.1, 0.15) is 20.3 Å². The molecule has 1 N–H and O–H groups in total. The van der Waals surface area contributed by atoms with Crippen LogP contribution in [0.3, 0.4) is 0 Å². The second-order valence-corrected chi connectivity index (χ2v) is 4.79. The summed E-state index contributed by atoms with van der Waals surface area (Å²) in [5, 5.41) is 3.07. The standard InChI is InChI=1S/C11H16N2OS/c1-4-10-6-5-7-12-11(10)13-8-9(2)15(3)14/h4-5,7-8H,6H2,1-3H3,(H,12,13)/b9-8+,10-4-. The van der Waals surface area contributed by atoms with Gasteiger partial charge < -0.3 is 5.32 Å². The normalized spacial score (nSPS) is 24.3. The molecule has 0 aromatic heterocycles. The van der Waals surface area contributed by atoms with Crippen LogP contribution in [-0.4, -0.2) is 16.3 Å². The van der Waals surface area contributed by atoms with E-state index in [0.717, 1.165) is 22.7 Å². The number of hydrogen-bond acceptors (Lipinski definition) is 2. The van der Waals surface area contributed by atoms with Crippen molar-refractivity contribution >= 4 is 16.6 Å². The van der Waals surface area contributed by atoms with Gasteiger partial charge in [0.15, 0.2) is 0 Å². The van der Waals surface area contributed by atoms with Crippen LogP contribution >= 0.6 is 0 Å². The summed E-state index contributed by atoms with van der Waals surface area (Å²) in [5.74, 6) is 0.838. The Morgan fingerprint density at radius 1 is 1.67 bits per heavy atom. The van der Waals surface area contributed by atoms with Crippen molar-refractivity contribution in [3.05, 3.63) is 35.0 Å². The van der Waals surface area contributed by atoms with Crippen LogP contribution in [0.25, 0.3) is 0 Å². The highest BCUT2D eigenvalue weighted by Gasteiger charge is 2.06. The third kappa shape index (κ3) is 3.47. The molecule has 0 amide bonds. The number of hydrogen-bond donors (Lipinski definition) is 1. The zero-order chi connectivity index (χ0) is 11.3. The summed E-state index contributed by atoms with van der Waals surface area (Å²) in [6.45, 7) is 3.80. The summed E-state index contributed by atoms with van der Waals surface area (Å²) in [4.78, 5) is 5.06. The lowest BCUT2D eigenvalue weighted by Gasteiger charge is -2.12. The van der Waals surface area contributed by atoms with E-state index in [-0.39, 0.29) is 0 Å². The Bertz CT molecular complexity index is 378. The molecule has 1 unspecified atom stereocenters. The van der Waals surface area contributed by atoms with E-state index in [1.54, 1.807) is 12.5 Å². The molecule has 3 nitrogen and oxygen atoms in total. The Balaban J connectivity index is 2.87. The maximum Gasteiger partial charge on any atom is 0.133 e. The highest BCUT2D eigenvalue weighted by Crippen LogP contribution is 2.09. The van der Waals surface area contributed by atoms with E-state index in [1.807, 2.05) is 32.2 Å². The van der Waals surface area contributed by atoms with Gasteiger partial charge in [0.05, 0.1) is 0 Å². The minimum atomic E-state index is -0.939. The molecule has 82 valence electrons. The molecule has 1 aliphatic rings. The van der Waals surface area contributed by atoms with E-state index >= 15 is 0 Å². The van der Waals surface area contributed by atoms with E-state index in [4.69, 9.17) is 0 Å². The van der Waals surface area contributed by atoms with Crippen molar-refractivity contribution in [3.8, 4) is 0 Å². The SMILES string of the molecule is C/C=C1/CC=CN/C1=N/C=C(\C)S(C)=O. The van der Waals surface area contributed by atoms with Gasteiger partial charge in [-0.05, 0) is 32.0 Å². The van der Waals surface area contributed by atoms with E-state index < -0.39 is 10.8 Å². The van der Waals surface area contributed by atoms with Crippen molar-refractivity contribution in [2.24, 2.45) is 4.99 Å². The quantitative estimate of drug-likeness (QED) is 0.780. The van der Waals surface area contributed by atoms with Gasteiger partial charge in [-0.2, -0.15) is 0 Å². The number of nitrogens with zero attached hydrogens (tertiary/aromatic N) is 1. The van der Waals surface area contributed by atoms with Crippen LogP contribution in [0, 0.1) is 0 Å². The molecule has 0 aromatic rings. The van der Waals surface area contributed by atoms with Crippen molar-refractivity contribution < 1.29 is 4.21 Å². The zero-order valence-corrected chi connectivity index (χ0v) is 10.1.